The Balaban J connectivity index is 1.61. The Labute approximate surface area is 157 Å². The van der Waals surface area contributed by atoms with Crippen LogP contribution in [0.15, 0.2) is 42.6 Å². The highest BCUT2D eigenvalue weighted by atomic mass is 32.2. The molecule has 1 aliphatic rings. The summed E-state index contributed by atoms with van der Waals surface area (Å²) in [6, 6.07) is 10.4. The van der Waals surface area contributed by atoms with Gasteiger partial charge in [0.05, 0.1) is 24.7 Å². The minimum absolute atomic E-state index is 0.167. The molecule has 142 valence electrons. The fourth-order valence-electron chi connectivity index (χ4n) is 2.72. The number of nitrogens with one attached hydrogen (secondary N) is 1. The molecule has 0 atom stereocenters. The second kappa shape index (κ2) is 7.75. The number of hydrogen-bond donors (Lipinski definition) is 1. The molecular formula is C18H19N3O5S. The Bertz CT molecular complexity index is 941. The third-order valence-electron chi connectivity index (χ3n) is 3.94. The molecule has 9 heteroatoms. The maximum absolute atomic E-state index is 11.5. The van der Waals surface area contributed by atoms with E-state index in [0.29, 0.717) is 17.1 Å². The quantitative estimate of drug-likeness (QED) is 0.722. The van der Waals surface area contributed by atoms with Crippen LogP contribution in [0.5, 0.6) is 5.75 Å². The third-order valence-corrected chi connectivity index (χ3v) is 4.54. The molecule has 2 amide bonds. The fraction of sp³-hybridized carbons (Fsp3) is 0.278. The van der Waals surface area contributed by atoms with Crippen LogP contribution in [0.1, 0.15) is 12.8 Å². The molecule has 1 aromatic carbocycles. The summed E-state index contributed by atoms with van der Waals surface area (Å²) in [5.74, 6) is 0.183. The first-order valence-corrected chi connectivity index (χ1v) is 10.2. The number of carbonyl (C=O) groups is 2. The monoisotopic (exact) mass is 389 g/mol. The lowest BCUT2D eigenvalue weighted by molar-refractivity contribution is -0.138. The standard InChI is InChI=1S/C18H19N3O5S/c1-27(24,25)20-14-4-2-3-13(11-14)16-6-5-15(12-19-16)26-10-9-21-17(22)7-8-18(21)23/h2-6,11-12,20H,7-10H2,1H3. The molecule has 1 aromatic heterocycles. The summed E-state index contributed by atoms with van der Waals surface area (Å²) in [6.45, 7) is 0.422. The number of ether oxygens (including phenoxy) is 1. The molecule has 1 fully saturated rings. The van der Waals surface area contributed by atoms with Crippen molar-refractivity contribution in [2.45, 2.75) is 12.8 Å². The van der Waals surface area contributed by atoms with E-state index in [-0.39, 0.29) is 37.8 Å². The van der Waals surface area contributed by atoms with E-state index >= 15 is 0 Å². The van der Waals surface area contributed by atoms with Gasteiger partial charge in [-0.3, -0.25) is 24.2 Å². The molecule has 0 spiro atoms. The molecule has 1 aliphatic heterocycles. The average molecular weight is 389 g/mol. The molecule has 3 rings (SSSR count). The molecule has 8 nitrogen and oxygen atoms in total. The van der Waals surface area contributed by atoms with Crippen molar-refractivity contribution in [3.8, 4) is 17.0 Å². The van der Waals surface area contributed by atoms with Crippen LogP contribution in [0.3, 0.4) is 0 Å². The molecule has 27 heavy (non-hydrogen) atoms. The van der Waals surface area contributed by atoms with Crippen molar-refractivity contribution in [2.75, 3.05) is 24.1 Å². The second-order valence-corrected chi connectivity index (χ2v) is 7.87. The number of rotatable bonds is 7. The topological polar surface area (TPSA) is 106 Å². The highest BCUT2D eigenvalue weighted by molar-refractivity contribution is 7.92. The number of likely N-dealkylation sites (tertiary alicyclic amines) is 1. The molecule has 0 radical (unpaired) electrons. The first-order valence-electron chi connectivity index (χ1n) is 8.32. The number of pyridine rings is 1. The van der Waals surface area contributed by atoms with Crippen molar-refractivity contribution in [3.05, 3.63) is 42.6 Å². The summed E-state index contributed by atoms with van der Waals surface area (Å²) >= 11 is 0. The number of imide groups is 1. The van der Waals surface area contributed by atoms with Gasteiger partial charge < -0.3 is 4.74 Å². The summed E-state index contributed by atoms with van der Waals surface area (Å²) < 4.78 is 30.7. The number of anilines is 1. The zero-order valence-electron chi connectivity index (χ0n) is 14.7. The van der Waals surface area contributed by atoms with E-state index in [0.717, 1.165) is 11.8 Å². The summed E-state index contributed by atoms with van der Waals surface area (Å²) in [5.41, 5.74) is 1.87. The minimum Gasteiger partial charge on any atom is -0.490 e. The van der Waals surface area contributed by atoms with E-state index in [1.165, 1.54) is 4.90 Å². The van der Waals surface area contributed by atoms with Gasteiger partial charge in [-0.25, -0.2) is 8.42 Å². The van der Waals surface area contributed by atoms with Gasteiger partial charge in [-0.05, 0) is 24.3 Å². The van der Waals surface area contributed by atoms with Crippen LogP contribution in [0.25, 0.3) is 11.3 Å². The van der Waals surface area contributed by atoms with Crippen molar-refractivity contribution in [1.29, 1.82) is 0 Å². The van der Waals surface area contributed by atoms with E-state index < -0.39 is 10.0 Å². The summed E-state index contributed by atoms with van der Waals surface area (Å²) in [7, 11) is -3.35. The lowest BCUT2D eigenvalue weighted by Crippen LogP contribution is -2.33. The number of amides is 2. The largest absolute Gasteiger partial charge is 0.490 e. The molecule has 0 aliphatic carbocycles. The number of sulfonamides is 1. The van der Waals surface area contributed by atoms with Gasteiger partial charge >= 0.3 is 0 Å². The maximum atomic E-state index is 11.5. The molecule has 0 unspecified atom stereocenters. The van der Waals surface area contributed by atoms with E-state index in [1.54, 1.807) is 36.5 Å². The van der Waals surface area contributed by atoms with E-state index in [9.17, 15) is 18.0 Å². The van der Waals surface area contributed by atoms with Crippen LogP contribution >= 0.6 is 0 Å². The van der Waals surface area contributed by atoms with Crippen LogP contribution in [-0.2, 0) is 19.6 Å². The van der Waals surface area contributed by atoms with Crippen LogP contribution in [0.2, 0.25) is 0 Å². The van der Waals surface area contributed by atoms with E-state index in [4.69, 9.17) is 4.74 Å². The predicted octanol–water partition coefficient (Wildman–Crippen LogP) is 1.65. The third kappa shape index (κ3) is 5.04. The van der Waals surface area contributed by atoms with Crippen molar-refractivity contribution in [2.24, 2.45) is 0 Å². The number of nitrogens with zero attached hydrogens (tertiary/aromatic N) is 2. The van der Waals surface area contributed by atoms with E-state index in [1.807, 2.05) is 6.07 Å². The second-order valence-electron chi connectivity index (χ2n) is 6.12. The van der Waals surface area contributed by atoms with Crippen LogP contribution < -0.4 is 9.46 Å². The van der Waals surface area contributed by atoms with Gasteiger partial charge in [0, 0.05) is 24.1 Å². The number of hydrogen-bond acceptors (Lipinski definition) is 6. The highest BCUT2D eigenvalue weighted by Crippen LogP contribution is 2.23. The van der Waals surface area contributed by atoms with Crippen molar-refractivity contribution in [3.63, 3.8) is 0 Å². The molecular weight excluding hydrogens is 370 g/mol. The van der Waals surface area contributed by atoms with Gasteiger partial charge in [-0.2, -0.15) is 0 Å². The first-order chi connectivity index (χ1) is 12.8. The van der Waals surface area contributed by atoms with E-state index in [2.05, 4.69) is 9.71 Å². The molecule has 1 saturated heterocycles. The molecule has 0 saturated carbocycles. The molecule has 1 N–H and O–H groups in total. The van der Waals surface area contributed by atoms with Gasteiger partial charge in [0.2, 0.25) is 21.8 Å². The Hall–Kier alpha value is -2.94. The first kappa shape index (κ1) is 18.8. The zero-order chi connectivity index (χ0) is 19.4. The summed E-state index contributed by atoms with van der Waals surface area (Å²) in [4.78, 5) is 28.6. The number of carbonyl (C=O) groups excluding carboxylic acids is 2. The van der Waals surface area contributed by atoms with Gasteiger partial charge in [0.25, 0.3) is 0 Å². The van der Waals surface area contributed by atoms with Crippen LogP contribution in [0, 0.1) is 0 Å². The van der Waals surface area contributed by atoms with Crippen molar-refractivity contribution < 1.29 is 22.7 Å². The summed E-state index contributed by atoms with van der Waals surface area (Å²) in [6.07, 6.45) is 3.16. The Kier molecular flexibility index (Phi) is 5.41. The van der Waals surface area contributed by atoms with Crippen LogP contribution in [-0.4, -0.2) is 49.5 Å². The highest BCUT2D eigenvalue weighted by Gasteiger charge is 2.28. The lowest BCUT2D eigenvalue weighted by Gasteiger charge is -2.14. The van der Waals surface area contributed by atoms with Crippen LogP contribution in [0.4, 0.5) is 5.69 Å². The van der Waals surface area contributed by atoms with Gasteiger partial charge in [-0.1, -0.05) is 12.1 Å². The Morgan fingerprint density at radius 2 is 1.89 bits per heavy atom. The molecule has 2 heterocycles. The summed E-state index contributed by atoms with van der Waals surface area (Å²) in [5, 5.41) is 0. The lowest BCUT2D eigenvalue weighted by atomic mass is 10.1. The minimum atomic E-state index is -3.35. The predicted molar refractivity (Wildman–Crippen MR) is 99.6 cm³/mol. The Morgan fingerprint density at radius 1 is 1.15 bits per heavy atom. The average Bonchev–Trinajstić information content (AvgIpc) is 2.93. The molecule has 2 aromatic rings. The fourth-order valence-corrected chi connectivity index (χ4v) is 3.27. The van der Waals surface area contributed by atoms with Crippen molar-refractivity contribution >= 4 is 27.5 Å². The number of benzene rings is 1. The Morgan fingerprint density at radius 3 is 2.52 bits per heavy atom. The maximum Gasteiger partial charge on any atom is 0.229 e. The zero-order valence-corrected chi connectivity index (χ0v) is 15.5. The van der Waals surface area contributed by atoms with Gasteiger partial charge in [0.15, 0.2) is 0 Å². The van der Waals surface area contributed by atoms with Gasteiger partial charge in [0.1, 0.15) is 12.4 Å². The normalized spacial score (nSPS) is 14.5. The number of aromatic nitrogens is 1. The smallest absolute Gasteiger partial charge is 0.229 e. The van der Waals surface area contributed by atoms with Gasteiger partial charge in [-0.15, -0.1) is 0 Å². The van der Waals surface area contributed by atoms with Crippen molar-refractivity contribution in [1.82, 2.24) is 9.88 Å². The SMILES string of the molecule is CS(=O)(=O)Nc1cccc(-c2ccc(OCCN3C(=O)CCC3=O)cn2)c1. The molecule has 0 bridgehead atoms.